The number of amides is 1. The van der Waals surface area contributed by atoms with Crippen molar-refractivity contribution in [3.05, 3.63) is 64.2 Å². The van der Waals surface area contributed by atoms with Crippen LogP contribution in [0.5, 0.6) is 5.75 Å². The lowest BCUT2D eigenvalue weighted by Crippen LogP contribution is -2.23. The lowest BCUT2D eigenvalue weighted by Gasteiger charge is -2.08. The van der Waals surface area contributed by atoms with Gasteiger partial charge in [-0.05, 0) is 54.0 Å². The van der Waals surface area contributed by atoms with E-state index in [9.17, 15) is 14.4 Å². The fourth-order valence-electron chi connectivity index (χ4n) is 3.35. The summed E-state index contributed by atoms with van der Waals surface area (Å²) in [6.45, 7) is 0.532. The number of aromatic nitrogens is 2. The number of nitrogens with zero attached hydrogens (tertiary/aromatic N) is 2. The van der Waals surface area contributed by atoms with Crippen LogP contribution in [0.15, 0.2) is 47.3 Å². The van der Waals surface area contributed by atoms with Crippen molar-refractivity contribution in [1.82, 2.24) is 9.55 Å². The molecule has 29 heavy (non-hydrogen) atoms. The summed E-state index contributed by atoms with van der Waals surface area (Å²) in [4.78, 5) is 39.6. The molecule has 8 nitrogen and oxygen atoms in total. The van der Waals surface area contributed by atoms with E-state index in [0.29, 0.717) is 29.7 Å². The minimum Gasteiger partial charge on any atom is -0.497 e. The van der Waals surface area contributed by atoms with Crippen LogP contribution in [0.25, 0.3) is 22.6 Å². The van der Waals surface area contributed by atoms with E-state index in [4.69, 9.17) is 9.84 Å². The molecule has 1 aliphatic rings. The van der Waals surface area contributed by atoms with Crippen molar-refractivity contribution in [2.24, 2.45) is 0 Å². The number of ether oxygens (including phenoxy) is 1. The highest BCUT2D eigenvalue weighted by atomic mass is 16.5. The van der Waals surface area contributed by atoms with Gasteiger partial charge in [0.05, 0.1) is 18.0 Å². The molecule has 1 aliphatic heterocycles. The number of rotatable bonds is 3. The van der Waals surface area contributed by atoms with Crippen molar-refractivity contribution < 1.29 is 19.4 Å². The summed E-state index contributed by atoms with van der Waals surface area (Å²) in [6, 6.07) is 12.1. The first-order chi connectivity index (χ1) is 14.0. The summed E-state index contributed by atoms with van der Waals surface area (Å²) in [7, 11) is 1.60. The van der Waals surface area contributed by atoms with E-state index in [0.717, 1.165) is 16.9 Å². The predicted molar refractivity (Wildman–Crippen MR) is 108 cm³/mol. The normalized spacial score (nSPS) is 14.0. The van der Waals surface area contributed by atoms with E-state index in [1.807, 2.05) is 30.3 Å². The summed E-state index contributed by atoms with van der Waals surface area (Å²) in [5.74, 6) is -1.44. The number of hydrogen-bond donors (Lipinski definition) is 2. The molecule has 3 aromatic rings. The van der Waals surface area contributed by atoms with Gasteiger partial charge in [0, 0.05) is 12.2 Å². The van der Waals surface area contributed by atoms with Crippen LogP contribution in [-0.2, 0) is 16.1 Å². The zero-order valence-electron chi connectivity index (χ0n) is 15.5. The molecule has 0 unspecified atom stereocenters. The smallest absolute Gasteiger partial charge is 0.394 e. The number of aliphatic carboxylic acids is 1. The third-order valence-corrected chi connectivity index (χ3v) is 4.73. The van der Waals surface area contributed by atoms with Gasteiger partial charge in [-0.2, -0.15) is 0 Å². The highest BCUT2D eigenvalue weighted by Gasteiger charge is 2.21. The number of carbonyl (C=O) groups excluding carboxylic acids is 1. The Morgan fingerprint density at radius 3 is 2.83 bits per heavy atom. The summed E-state index contributed by atoms with van der Waals surface area (Å²) in [6.07, 6.45) is 2.63. The highest BCUT2D eigenvalue weighted by molar-refractivity contribution is 6.36. The molecule has 0 radical (unpaired) electrons. The van der Waals surface area contributed by atoms with Crippen molar-refractivity contribution in [2.45, 2.75) is 13.0 Å². The summed E-state index contributed by atoms with van der Waals surface area (Å²) < 4.78 is 6.88. The number of carboxylic acid groups (broad SMARTS) is 1. The van der Waals surface area contributed by atoms with Gasteiger partial charge in [-0.25, -0.2) is 9.78 Å². The molecule has 2 aromatic carbocycles. The van der Waals surface area contributed by atoms with Crippen LogP contribution < -0.4 is 15.6 Å². The molecule has 0 fully saturated rings. The van der Waals surface area contributed by atoms with Gasteiger partial charge in [-0.3, -0.25) is 14.2 Å². The molecule has 0 bridgehead atoms. The number of anilines is 1. The molecule has 1 amide bonds. The summed E-state index contributed by atoms with van der Waals surface area (Å²) >= 11 is 0. The number of carboxylic acids is 1. The Morgan fingerprint density at radius 2 is 2.07 bits per heavy atom. The van der Waals surface area contributed by atoms with Gasteiger partial charge in [-0.1, -0.05) is 12.1 Å². The standard InChI is InChI=1S/C21H17N3O5/c1-29-15-4-2-3-12(10-15)9-13-7-8-24-18(13)23-17-11-14(22-19(25)21(27)28)5-6-16(17)20(24)26/h2-6,9-11H,7-8H2,1H3,(H,22,25)(H,27,28)/b13-9+. The number of benzene rings is 2. The summed E-state index contributed by atoms with van der Waals surface area (Å²) in [5.41, 5.74) is 2.33. The molecule has 146 valence electrons. The number of allylic oxidation sites excluding steroid dienone is 1. The monoisotopic (exact) mass is 391 g/mol. The van der Waals surface area contributed by atoms with Gasteiger partial charge in [0.15, 0.2) is 0 Å². The lowest BCUT2D eigenvalue weighted by atomic mass is 10.1. The average Bonchev–Trinajstić information content (AvgIpc) is 3.11. The minimum atomic E-state index is -1.59. The Labute approximate surface area is 165 Å². The molecular weight excluding hydrogens is 374 g/mol. The number of fused-ring (bicyclic) bond motifs is 2. The Balaban J connectivity index is 1.78. The van der Waals surface area contributed by atoms with Crippen LogP contribution in [-0.4, -0.2) is 33.6 Å². The Kier molecular flexibility index (Phi) is 4.59. The fraction of sp³-hybridized carbons (Fsp3) is 0.143. The minimum absolute atomic E-state index is 0.171. The van der Waals surface area contributed by atoms with E-state index in [1.165, 1.54) is 12.1 Å². The first kappa shape index (κ1) is 18.4. The number of methoxy groups -OCH3 is 1. The van der Waals surface area contributed by atoms with E-state index in [2.05, 4.69) is 10.3 Å². The van der Waals surface area contributed by atoms with Crippen LogP contribution >= 0.6 is 0 Å². The van der Waals surface area contributed by atoms with Gasteiger partial charge in [0.25, 0.3) is 5.56 Å². The van der Waals surface area contributed by atoms with Crippen LogP contribution in [0, 0.1) is 0 Å². The van der Waals surface area contributed by atoms with Gasteiger partial charge < -0.3 is 15.2 Å². The zero-order valence-corrected chi connectivity index (χ0v) is 15.5. The molecule has 4 rings (SSSR count). The average molecular weight is 391 g/mol. The quantitative estimate of drug-likeness (QED) is 0.663. The molecule has 2 N–H and O–H groups in total. The number of hydrogen-bond acceptors (Lipinski definition) is 5. The largest absolute Gasteiger partial charge is 0.497 e. The van der Waals surface area contributed by atoms with E-state index in [1.54, 1.807) is 17.7 Å². The van der Waals surface area contributed by atoms with Gasteiger partial charge in [0.1, 0.15) is 11.6 Å². The maximum Gasteiger partial charge on any atom is 0.394 e. The van der Waals surface area contributed by atoms with E-state index in [-0.39, 0.29) is 11.2 Å². The van der Waals surface area contributed by atoms with Crippen LogP contribution in [0.4, 0.5) is 5.69 Å². The first-order valence-corrected chi connectivity index (χ1v) is 8.90. The van der Waals surface area contributed by atoms with Crippen LogP contribution in [0.3, 0.4) is 0 Å². The molecule has 2 heterocycles. The van der Waals surface area contributed by atoms with Crippen molar-refractivity contribution >= 4 is 40.1 Å². The summed E-state index contributed by atoms with van der Waals surface area (Å²) in [5, 5.41) is 11.4. The fourth-order valence-corrected chi connectivity index (χ4v) is 3.35. The first-order valence-electron chi connectivity index (χ1n) is 8.90. The SMILES string of the molecule is COc1cccc(/C=C2\CCn3c2nc2cc(NC(=O)C(=O)O)ccc2c3=O)c1. The zero-order chi connectivity index (χ0) is 20.5. The van der Waals surface area contributed by atoms with Gasteiger partial charge in [0.2, 0.25) is 0 Å². The molecule has 0 saturated carbocycles. The number of carbonyl (C=O) groups is 2. The molecule has 1 aromatic heterocycles. The topological polar surface area (TPSA) is 111 Å². The van der Waals surface area contributed by atoms with Crippen LogP contribution in [0.1, 0.15) is 17.8 Å². The van der Waals surface area contributed by atoms with Gasteiger partial charge >= 0.3 is 11.9 Å². The maximum atomic E-state index is 12.9. The Hall–Kier alpha value is -3.94. The second kappa shape index (κ2) is 7.23. The second-order valence-electron chi connectivity index (χ2n) is 6.58. The third kappa shape index (κ3) is 3.47. The Bertz CT molecular complexity index is 1240. The molecule has 0 spiro atoms. The molecule has 0 saturated heterocycles. The van der Waals surface area contributed by atoms with Crippen molar-refractivity contribution in [3.8, 4) is 5.75 Å². The third-order valence-electron chi connectivity index (χ3n) is 4.73. The maximum absolute atomic E-state index is 12.9. The highest BCUT2D eigenvalue weighted by Crippen LogP contribution is 2.29. The Morgan fingerprint density at radius 1 is 1.24 bits per heavy atom. The van der Waals surface area contributed by atoms with Crippen molar-refractivity contribution in [3.63, 3.8) is 0 Å². The molecule has 0 atom stereocenters. The van der Waals surface area contributed by atoms with E-state index < -0.39 is 11.9 Å². The van der Waals surface area contributed by atoms with Crippen LogP contribution in [0.2, 0.25) is 0 Å². The lowest BCUT2D eigenvalue weighted by molar-refractivity contribution is -0.147. The molecule has 8 heteroatoms. The predicted octanol–water partition coefficient (Wildman–Crippen LogP) is 2.37. The van der Waals surface area contributed by atoms with Crippen molar-refractivity contribution in [2.75, 3.05) is 12.4 Å². The second-order valence-corrected chi connectivity index (χ2v) is 6.58. The van der Waals surface area contributed by atoms with Gasteiger partial charge in [-0.15, -0.1) is 0 Å². The van der Waals surface area contributed by atoms with Crippen molar-refractivity contribution in [1.29, 1.82) is 0 Å². The number of nitrogens with one attached hydrogen (secondary N) is 1. The molecular formula is C21H17N3O5. The molecule has 0 aliphatic carbocycles. The van der Waals surface area contributed by atoms with E-state index >= 15 is 0 Å².